The van der Waals surface area contributed by atoms with E-state index in [0.29, 0.717) is 18.4 Å². The van der Waals surface area contributed by atoms with E-state index < -0.39 is 5.97 Å². The smallest absolute Gasteiger partial charge is 0.336 e. The number of hydrogen-bond acceptors (Lipinski definition) is 3. The van der Waals surface area contributed by atoms with Gasteiger partial charge in [-0.05, 0) is 88.9 Å². The van der Waals surface area contributed by atoms with Gasteiger partial charge < -0.3 is 5.11 Å². The molecule has 30 heavy (non-hydrogen) atoms. The second-order valence-corrected chi connectivity index (χ2v) is 8.49. The molecule has 156 valence electrons. The van der Waals surface area contributed by atoms with Crippen LogP contribution in [0.1, 0.15) is 70.0 Å². The first-order valence-electron chi connectivity index (χ1n) is 10.6. The van der Waals surface area contributed by atoms with E-state index in [1.807, 2.05) is 26.0 Å². The van der Waals surface area contributed by atoms with Crippen molar-refractivity contribution in [1.29, 1.82) is 0 Å². The summed E-state index contributed by atoms with van der Waals surface area (Å²) in [5, 5.41) is 9.73. The monoisotopic (exact) mass is 420 g/mol. The number of thiophene rings is 1. The van der Waals surface area contributed by atoms with E-state index >= 15 is 0 Å². The molecule has 2 aromatic carbocycles. The molecule has 0 spiro atoms. The largest absolute Gasteiger partial charge is 0.478 e. The topological polar surface area (TPSA) is 54.4 Å². The van der Waals surface area contributed by atoms with Crippen molar-refractivity contribution in [1.82, 2.24) is 0 Å². The van der Waals surface area contributed by atoms with Crippen LogP contribution in [0.4, 0.5) is 0 Å². The Hall–Kier alpha value is -2.72. The number of hydrogen-bond donors (Lipinski definition) is 1. The van der Waals surface area contributed by atoms with Gasteiger partial charge in [0.1, 0.15) is 0 Å². The predicted molar refractivity (Wildman–Crippen MR) is 125 cm³/mol. The van der Waals surface area contributed by atoms with Crippen molar-refractivity contribution < 1.29 is 14.7 Å². The van der Waals surface area contributed by atoms with Gasteiger partial charge in [-0.2, -0.15) is 0 Å². The molecule has 0 unspecified atom stereocenters. The zero-order valence-corrected chi connectivity index (χ0v) is 18.9. The molecule has 3 nitrogen and oxygen atoms in total. The Kier molecular flexibility index (Phi) is 6.88. The lowest BCUT2D eigenvalue weighted by Gasteiger charge is -2.19. The van der Waals surface area contributed by atoms with Crippen molar-refractivity contribution in [2.24, 2.45) is 0 Å². The second-order valence-electron chi connectivity index (χ2n) is 7.38. The molecule has 1 heterocycles. The van der Waals surface area contributed by atoms with Crippen LogP contribution in [-0.4, -0.2) is 17.4 Å². The van der Waals surface area contributed by atoms with Crippen molar-refractivity contribution in [3.05, 3.63) is 69.1 Å². The molecule has 0 aliphatic rings. The first-order chi connectivity index (χ1) is 14.5. The minimum atomic E-state index is -0.847. The number of rotatable bonds is 8. The normalized spacial score (nSPS) is 10.9. The maximum Gasteiger partial charge on any atom is 0.336 e. The first-order valence-corrected chi connectivity index (χ1v) is 11.4. The van der Waals surface area contributed by atoms with Crippen molar-refractivity contribution in [3.8, 4) is 21.6 Å². The van der Waals surface area contributed by atoms with Crippen LogP contribution in [0, 0.1) is 0 Å². The van der Waals surface area contributed by atoms with Gasteiger partial charge in [0.25, 0.3) is 0 Å². The maximum atomic E-state index is 11.9. The number of aldehydes is 1. The maximum absolute atomic E-state index is 11.9. The highest BCUT2D eigenvalue weighted by molar-refractivity contribution is 7.17. The summed E-state index contributed by atoms with van der Waals surface area (Å²) < 4.78 is 0. The number of carbonyl (C=O) groups is 2. The molecule has 0 aliphatic carbocycles. The molecule has 0 atom stereocenters. The van der Waals surface area contributed by atoms with E-state index in [1.165, 1.54) is 28.0 Å². The Morgan fingerprint density at radius 2 is 1.33 bits per heavy atom. The van der Waals surface area contributed by atoms with Crippen LogP contribution in [0.3, 0.4) is 0 Å². The summed E-state index contributed by atoms with van der Waals surface area (Å²) in [6.07, 6.45) is 4.03. The van der Waals surface area contributed by atoms with Crippen LogP contribution in [0.5, 0.6) is 0 Å². The number of aryl methyl sites for hydroxylation is 4. The average molecular weight is 421 g/mol. The highest BCUT2D eigenvalue weighted by Crippen LogP contribution is 2.37. The Morgan fingerprint density at radius 1 is 0.833 bits per heavy atom. The molecule has 1 aromatic heterocycles. The van der Waals surface area contributed by atoms with E-state index in [2.05, 4.69) is 38.1 Å². The quantitative estimate of drug-likeness (QED) is 0.406. The summed E-state index contributed by atoms with van der Waals surface area (Å²) in [5.41, 5.74) is 8.19. The lowest BCUT2D eigenvalue weighted by atomic mass is 9.85. The SMILES string of the molecule is CCc1cc(-c2c(CC)cc(-c3ccc(C=O)s3)cc2CC)cc(CC)c1C(=O)O. The molecular formula is C26H28O3S. The van der Waals surface area contributed by atoms with Gasteiger partial charge in [-0.3, -0.25) is 4.79 Å². The van der Waals surface area contributed by atoms with Crippen molar-refractivity contribution >= 4 is 23.6 Å². The molecule has 0 aliphatic heterocycles. The number of aromatic carboxylic acids is 1. The van der Waals surface area contributed by atoms with Crippen LogP contribution in [0.2, 0.25) is 0 Å². The molecule has 0 amide bonds. The molecule has 0 saturated heterocycles. The van der Waals surface area contributed by atoms with Gasteiger partial charge in [-0.1, -0.05) is 39.8 Å². The Bertz CT molecular complexity index is 1040. The zero-order chi connectivity index (χ0) is 21.8. The minimum Gasteiger partial charge on any atom is -0.478 e. The van der Waals surface area contributed by atoms with Gasteiger partial charge in [0.05, 0.1) is 10.4 Å². The van der Waals surface area contributed by atoms with Gasteiger partial charge in [0, 0.05) is 4.88 Å². The molecule has 0 bridgehead atoms. The highest BCUT2D eigenvalue weighted by Gasteiger charge is 2.19. The lowest BCUT2D eigenvalue weighted by Crippen LogP contribution is -2.08. The lowest BCUT2D eigenvalue weighted by molar-refractivity contribution is 0.0694. The predicted octanol–water partition coefficient (Wildman–Crippen LogP) is 6.84. The Morgan fingerprint density at radius 3 is 1.73 bits per heavy atom. The fourth-order valence-corrected chi connectivity index (χ4v) is 4.96. The number of carboxylic acid groups (broad SMARTS) is 1. The number of carbonyl (C=O) groups excluding carboxylic acids is 1. The average Bonchev–Trinajstić information content (AvgIpc) is 3.26. The van der Waals surface area contributed by atoms with Gasteiger partial charge in [-0.25, -0.2) is 4.79 Å². The Balaban J connectivity index is 2.25. The summed E-state index contributed by atoms with van der Waals surface area (Å²) in [6.45, 7) is 8.33. The van der Waals surface area contributed by atoms with E-state index in [9.17, 15) is 14.7 Å². The molecule has 3 aromatic rings. The second kappa shape index (κ2) is 9.40. The Labute approximate surface area is 182 Å². The van der Waals surface area contributed by atoms with Gasteiger partial charge in [0.2, 0.25) is 0 Å². The molecule has 0 fully saturated rings. The third-order valence-corrected chi connectivity index (χ3v) is 6.72. The summed E-state index contributed by atoms with van der Waals surface area (Å²) >= 11 is 1.51. The zero-order valence-electron chi connectivity index (χ0n) is 18.0. The third kappa shape index (κ3) is 4.10. The van der Waals surface area contributed by atoms with Gasteiger partial charge >= 0.3 is 5.97 Å². The first kappa shape index (κ1) is 22.0. The summed E-state index contributed by atoms with van der Waals surface area (Å²) in [4.78, 5) is 24.8. The van der Waals surface area contributed by atoms with Crippen molar-refractivity contribution in [2.45, 2.75) is 53.4 Å². The van der Waals surface area contributed by atoms with Crippen LogP contribution in [0.25, 0.3) is 21.6 Å². The van der Waals surface area contributed by atoms with Crippen LogP contribution in [-0.2, 0) is 25.7 Å². The minimum absolute atomic E-state index is 0.455. The van der Waals surface area contributed by atoms with Crippen LogP contribution < -0.4 is 0 Å². The van der Waals surface area contributed by atoms with E-state index in [4.69, 9.17) is 0 Å². The number of benzene rings is 2. The van der Waals surface area contributed by atoms with Gasteiger partial charge in [0.15, 0.2) is 6.29 Å². The summed E-state index contributed by atoms with van der Waals surface area (Å²) in [7, 11) is 0. The third-order valence-electron chi connectivity index (χ3n) is 5.66. The van der Waals surface area contributed by atoms with E-state index in [-0.39, 0.29) is 0 Å². The summed E-state index contributed by atoms with van der Waals surface area (Å²) in [6, 6.07) is 12.4. The summed E-state index contributed by atoms with van der Waals surface area (Å²) in [5.74, 6) is -0.847. The van der Waals surface area contributed by atoms with E-state index in [1.54, 1.807) is 0 Å². The highest BCUT2D eigenvalue weighted by atomic mass is 32.1. The van der Waals surface area contributed by atoms with Gasteiger partial charge in [-0.15, -0.1) is 11.3 Å². The van der Waals surface area contributed by atoms with Crippen LogP contribution in [0.15, 0.2) is 36.4 Å². The molecule has 0 radical (unpaired) electrons. The van der Waals surface area contributed by atoms with Crippen LogP contribution >= 0.6 is 11.3 Å². The van der Waals surface area contributed by atoms with Crippen molar-refractivity contribution in [2.75, 3.05) is 0 Å². The van der Waals surface area contributed by atoms with E-state index in [0.717, 1.165) is 51.1 Å². The molecule has 1 N–H and O–H groups in total. The fourth-order valence-electron chi connectivity index (χ4n) is 4.15. The fraction of sp³-hybridized carbons (Fsp3) is 0.308. The number of carboxylic acids is 1. The molecular weight excluding hydrogens is 392 g/mol. The van der Waals surface area contributed by atoms with Crippen molar-refractivity contribution in [3.63, 3.8) is 0 Å². The molecule has 4 heteroatoms. The molecule has 0 saturated carbocycles. The molecule has 3 rings (SSSR count). The standard InChI is InChI=1S/C26H28O3S/c1-5-16-11-20(23-10-9-22(15-27)30-23)12-17(6-2)24(16)21-13-18(7-3)25(26(28)29)19(8-4)14-21/h9-15H,5-8H2,1-4H3,(H,28,29).